The lowest BCUT2D eigenvalue weighted by Crippen LogP contribution is -2.00. The van der Waals surface area contributed by atoms with Crippen molar-refractivity contribution in [1.29, 1.82) is 0 Å². The first-order chi connectivity index (χ1) is 2.41. The summed E-state index contributed by atoms with van der Waals surface area (Å²) in [4.78, 5) is 0. The van der Waals surface area contributed by atoms with Gasteiger partial charge in [-0.25, -0.2) is 0 Å². The fourth-order valence-corrected chi connectivity index (χ4v) is 0.530. The van der Waals surface area contributed by atoms with Crippen LogP contribution in [0.3, 0.4) is 0 Å². The molecule has 0 aliphatic rings. The summed E-state index contributed by atoms with van der Waals surface area (Å²) in [6.07, 6.45) is 1.17. The van der Waals surface area contributed by atoms with Crippen molar-refractivity contribution in [3.63, 3.8) is 0 Å². The van der Waals surface area contributed by atoms with Crippen LogP contribution in [0.2, 0.25) is 0 Å². The minimum absolute atomic E-state index is 1.05. The summed E-state index contributed by atoms with van der Waals surface area (Å²) in [5.74, 6) is 0. The van der Waals surface area contributed by atoms with E-state index in [9.17, 15) is 0 Å². The molecule has 0 bridgehead atoms. The smallest absolute Gasteiger partial charge is 0.0121 e. The van der Waals surface area contributed by atoms with Crippen LogP contribution < -0.4 is 5.32 Å². The molecule has 0 fully saturated rings. The van der Waals surface area contributed by atoms with Crippen LogP contribution in [0.1, 0.15) is 0 Å². The number of nitrogens with one attached hydrogen (secondary N) is 1. The largest absolute Gasteiger partial charge is 0.316 e. The van der Waals surface area contributed by atoms with Gasteiger partial charge in [-0.1, -0.05) is 0 Å². The number of rotatable bonds is 2. The average Bonchev–Trinajstić information content (AvgIpc) is 1.41. The first-order valence-corrected chi connectivity index (χ1v) is 3.41. The highest BCUT2D eigenvalue weighted by Crippen LogP contribution is 1.93. The summed E-state index contributed by atoms with van der Waals surface area (Å²) >= 11 is 0. The Bertz CT molecular complexity index is 14.4. The minimum atomic E-state index is 1.05. The summed E-state index contributed by atoms with van der Waals surface area (Å²) < 4.78 is 0. The fourth-order valence-electron chi connectivity index (χ4n) is 0.177. The van der Waals surface area contributed by atoms with Gasteiger partial charge in [0, 0.05) is 6.29 Å². The van der Waals surface area contributed by atoms with Crippen molar-refractivity contribution in [1.82, 2.24) is 5.32 Å². The maximum Gasteiger partial charge on any atom is 0.0121 e. The molecule has 32 valence electrons. The van der Waals surface area contributed by atoms with Gasteiger partial charge in [-0.05, 0) is 13.7 Å². The Morgan fingerprint density at radius 1 is 1.80 bits per heavy atom. The lowest BCUT2D eigenvalue weighted by molar-refractivity contribution is 0.980. The van der Waals surface area contributed by atoms with Gasteiger partial charge < -0.3 is 5.32 Å². The second kappa shape index (κ2) is 4.39. The Labute approximate surface area is 34.9 Å². The molecule has 0 spiro atoms. The molecule has 0 aliphatic carbocycles. The van der Waals surface area contributed by atoms with Gasteiger partial charge in [-0.2, -0.15) is 0 Å². The zero-order valence-electron chi connectivity index (χ0n) is 3.71. The van der Waals surface area contributed by atoms with Crippen LogP contribution in [0.5, 0.6) is 0 Å². The van der Waals surface area contributed by atoms with Gasteiger partial charge in [0.1, 0.15) is 0 Å². The van der Waals surface area contributed by atoms with E-state index in [1.165, 1.54) is 6.29 Å². The van der Waals surface area contributed by atoms with E-state index in [2.05, 4.69) is 12.0 Å². The highest BCUT2D eigenvalue weighted by Gasteiger charge is 1.63. The van der Waals surface area contributed by atoms with E-state index >= 15 is 0 Å². The van der Waals surface area contributed by atoms with E-state index in [4.69, 9.17) is 0 Å². The van der Waals surface area contributed by atoms with Crippen molar-refractivity contribution in [2.24, 2.45) is 0 Å². The molecule has 0 rings (SSSR count). The van der Waals surface area contributed by atoms with Crippen molar-refractivity contribution in [3.05, 3.63) is 0 Å². The van der Waals surface area contributed by atoms with Crippen LogP contribution in [0, 0.1) is 0 Å². The van der Waals surface area contributed by atoms with Crippen LogP contribution in [0.4, 0.5) is 0 Å². The third-order valence-electron chi connectivity index (χ3n) is 0.354. The predicted molar refractivity (Wildman–Crippen MR) is 28.2 cm³/mol. The fraction of sp³-hybridized carbons (Fsp3) is 1.00. The highest BCUT2D eigenvalue weighted by atomic mass is 31.1. The molecule has 1 atom stereocenters. The monoisotopic (exact) mass is 91.1 g/mol. The van der Waals surface area contributed by atoms with Gasteiger partial charge >= 0.3 is 0 Å². The first kappa shape index (κ1) is 5.39. The molecule has 0 heterocycles. The van der Waals surface area contributed by atoms with Gasteiger partial charge in [0.2, 0.25) is 0 Å². The van der Waals surface area contributed by atoms with Gasteiger partial charge in [0.15, 0.2) is 0 Å². The van der Waals surface area contributed by atoms with Crippen molar-refractivity contribution < 1.29 is 0 Å². The molecule has 1 N–H and O–H groups in total. The Balaban J connectivity index is 2.19. The quantitative estimate of drug-likeness (QED) is 0.487. The number of hydrogen-bond acceptors (Lipinski definition) is 1. The Kier molecular flexibility index (Phi) is 4.73. The SMILES string of the molecule is CNCPC. The van der Waals surface area contributed by atoms with Crippen LogP contribution in [-0.2, 0) is 0 Å². The van der Waals surface area contributed by atoms with E-state index in [0.717, 1.165) is 8.58 Å². The summed E-state index contributed by atoms with van der Waals surface area (Å²) in [6, 6.07) is 0. The average molecular weight is 91.1 g/mol. The summed E-state index contributed by atoms with van der Waals surface area (Å²) in [6.45, 7) is 2.18. The summed E-state index contributed by atoms with van der Waals surface area (Å²) in [5, 5.41) is 3.03. The summed E-state index contributed by atoms with van der Waals surface area (Å²) in [7, 11) is 3.02. The Morgan fingerprint density at radius 2 is 2.40 bits per heavy atom. The molecule has 0 aromatic carbocycles. The topological polar surface area (TPSA) is 12.0 Å². The van der Waals surface area contributed by atoms with Crippen LogP contribution in [-0.4, -0.2) is 20.0 Å². The lowest BCUT2D eigenvalue weighted by atomic mass is 11.3. The maximum absolute atomic E-state index is 3.03. The summed E-state index contributed by atoms with van der Waals surface area (Å²) in [5.41, 5.74) is 0. The molecule has 0 saturated carbocycles. The lowest BCUT2D eigenvalue weighted by Gasteiger charge is -1.85. The van der Waals surface area contributed by atoms with E-state index in [1.807, 2.05) is 7.05 Å². The number of hydrogen-bond donors (Lipinski definition) is 1. The Hall–Kier alpha value is 0.390. The van der Waals surface area contributed by atoms with Gasteiger partial charge in [-0.3, -0.25) is 0 Å². The standard InChI is InChI=1S/C3H10NP/c1-4-3-5-2/h4-5H,3H2,1-2H3. The molecule has 0 saturated heterocycles. The van der Waals surface area contributed by atoms with E-state index in [0.29, 0.717) is 0 Å². The molecule has 0 aromatic heterocycles. The highest BCUT2D eigenvalue weighted by molar-refractivity contribution is 7.36. The molecule has 0 amide bonds. The van der Waals surface area contributed by atoms with E-state index in [1.54, 1.807) is 0 Å². The van der Waals surface area contributed by atoms with E-state index < -0.39 is 0 Å². The normalized spacial score (nSPS) is 10.8. The third-order valence-corrected chi connectivity index (χ3v) is 1.06. The zero-order valence-corrected chi connectivity index (χ0v) is 4.71. The van der Waals surface area contributed by atoms with Crippen LogP contribution in [0.15, 0.2) is 0 Å². The van der Waals surface area contributed by atoms with Crippen LogP contribution >= 0.6 is 8.58 Å². The minimum Gasteiger partial charge on any atom is -0.316 e. The molecule has 0 aromatic rings. The third kappa shape index (κ3) is 4.39. The second-order valence-corrected chi connectivity index (χ2v) is 1.94. The van der Waals surface area contributed by atoms with Crippen molar-refractivity contribution in [2.45, 2.75) is 0 Å². The van der Waals surface area contributed by atoms with Gasteiger partial charge in [0.25, 0.3) is 0 Å². The van der Waals surface area contributed by atoms with Crippen molar-refractivity contribution >= 4 is 8.58 Å². The predicted octanol–water partition coefficient (Wildman–Crippen LogP) is 0.472. The molecule has 5 heavy (non-hydrogen) atoms. The zero-order chi connectivity index (χ0) is 4.12. The van der Waals surface area contributed by atoms with Crippen molar-refractivity contribution in [2.75, 3.05) is 20.0 Å². The Morgan fingerprint density at radius 3 is 2.40 bits per heavy atom. The molecule has 1 unspecified atom stereocenters. The van der Waals surface area contributed by atoms with Crippen molar-refractivity contribution in [3.8, 4) is 0 Å². The maximum atomic E-state index is 3.03. The second-order valence-electron chi connectivity index (χ2n) is 0.884. The molecular weight excluding hydrogens is 81.0 g/mol. The molecular formula is C3H10NP. The molecule has 1 nitrogen and oxygen atoms in total. The molecule has 0 radical (unpaired) electrons. The van der Waals surface area contributed by atoms with Gasteiger partial charge in [0.05, 0.1) is 0 Å². The van der Waals surface area contributed by atoms with Gasteiger partial charge in [-0.15, -0.1) is 8.58 Å². The molecule has 2 heteroatoms. The van der Waals surface area contributed by atoms with E-state index in [-0.39, 0.29) is 0 Å². The first-order valence-electron chi connectivity index (χ1n) is 1.71. The molecule has 0 aliphatic heterocycles. The van der Waals surface area contributed by atoms with Crippen LogP contribution in [0.25, 0.3) is 0 Å².